The lowest BCUT2D eigenvalue weighted by Gasteiger charge is -2.27. The monoisotopic (exact) mass is 414 g/mol. The molecule has 0 amide bonds. The number of benzene rings is 3. The second kappa shape index (κ2) is 7.45. The van der Waals surface area contributed by atoms with Crippen molar-refractivity contribution in [3.05, 3.63) is 77.3 Å². The average molecular weight is 415 g/mol. The summed E-state index contributed by atoms with van der Waals surface area (Å²) in [7, 11) is -3.87. The third kappa shape index (κ3) is 3.23. The quantitative estimate of drug-likeness (QED) is 0.625. The lowest BCUT2D eigenvalue weighted by atomic mass is 9.99. The van der Waals surface area contributed by atoms with Crippen LogP contribution in [0.4, 0.5) is 0 Å². The Labute approximate surface area is 169 Å². The van der Waals surface area contributed by atoms with Crippen LogP contribution in [-0.2, 0) is 14.8 Å². The van der Waals surface area contributed by atoms with Gasteiger partial charge in [0.1, 0.15) is 0 Å². The van der Waals surface area contributed by atoms with Crippen molar-refractivity contribution < 1.29 is 13.2 Å². The van der Waals surface area contributed by atoms with Crippen molar-refractivity contribution in [3.8, 4) is 0 Å². The van der Waals surface area contributed by atoms with E-state index in [0.717, 1.165) is 16.3 Å². The molecule has 1 atom stereocenters. The van der Waals surface area contributed by atoms with Crippen LogP contribution in [0.1, 0.15) is 18.5 Å². The van der Waals surface area contributed by atoms with Gasteiger partial charge in [0.2, 0.25) is 0 Å². The summed E-state index contributed by atoms with van der Waals surface area (Å²) in [6.07, 6.45) is 0. The molecule has 144 valence electrons. The molecular formula is C21H19ClN2O3S. The maximum Gasteiger partial charge on any atom is 0.302 e. The van der Waals surface area contributed by atoms with Crippen molar-refractivity contribution in [2.45, 2.75) is 17.9 Å². The van der Waals surface area contributed by atoms with Gasteiger partial charge in [-0.3, -0.25) is 0 Å². The number of sulfonamides is 1. The first kappa shape index (κ1) is 18.8. The number of hydrogen-bond acceptors (Lipinski definition) is 4. The highest BCUT2D eigenvalue weighted by Crippen LogP contribution is 2.36. The van der Waals surface area contributed by atoms with Crippen molar-refractivity contribution >= 4 is 38.4 Å². The number of amidine groups is 1. The van der Waals surface area contributed by atoms with Crippen LogP contribution in [0.5, 0.6) is 0 Å². The zero-order chi connectivity index (χ0) is 19.7. The highest BCUT2D eigenvalue weighted by atomic mass is 35.5. The summed E-state index contributed by atoms with van der Waals surface area (Å²) in [5, 5.41) is 2.53. The van der Waals surface area contributed by atoms with Crippen molar-refractivity contribution in [2.24, 2.45) is 4.99 Å². The van der Waals surface area contributed by atoms with Crippen LogP contribution in [0.3, 0.4) is 0 Å². The van der Waals surface area contributed by atoms with Gasteiger partial charge >= 0.3 is 6.02 Å². The van der Waals surface area contributed by atoms with Crippen molar-refractivity contribution in [1.82, 2.24) is 4.31 Å². The molecule has 0 radical (unpaired) electrons. The molecule has 1 aliphatic heterocycles. The lowest BCUT2D eigenvalue weighted by Crippen LogP contribution is -2.38. The minimum Gasteiger partial charge on any atom is -0.465 e. The van der Waals surface area contributed by atoms with Crippen LogP contribution in [0.25, 0.3) is 10.8 Å². The molecular weight excluding hydrogens is 396 g/mol. The number of rotatable bonds is 4. The van der Waals surface area contributed by atoms with E-state index >= 15 is 0 Å². The van der Waals surface area contributed by atoms with Crippen LogP contribution in [0, 0.1) is 0 Å². The molecule has 28 heavy (non-hydrogen) atoms. The second-order valence-electron chi connectivity index (χ2n) is 6.40. The third-order valence-electron chi connectivity index (χ3n) is 4.70. The molecule has 0 saturated heterocycles. The summed E-state index contributed by atoms with van der Waals surface area (Å²) in [5.74, 6) is 0. The minimum absolute atomic E-state index is 0.121. The summed E-state index contributed by atoms with van der Waals surface area (Å²) >= 11 is 5.93. The van der Waals surface area contributed by atoms with Crippen LogP contribution in [0.15, 0.2) is 76.6 Å². The largest absolute Gasteiger partial charge is 0.465 e. The number of fused-ring (bicyclic) bond motifs is 1. The van der Waals surface area contributed by atoms with E-state index in [1.165, 1.54) is 16.4 Å². The standard InChI is InChI=1S/C21H19ClN2O3S/c1-2-27-21-23-14-20(19-9-5-7-15-6-3-4-8-18(15)19)24(21)28(25,26)17-12-10-16(22)11-13-17/h3-13,20H,2,14H2,1H3. The van der Waals surface area contributed by atoms with E-state index in [1.54, 1.807) is 19.1 Å². The molecule has 0 N–H and O–H groups in total. The Kier molecular flexibility index (Phi) is 5.00. The summed E-state index contributed by atoms with van der Waals surface area (Å²) in [5.41, 5.74) is 0.897. The molecule has 0 bridgehead atoms. The molecule has 7 heteroatoms. The van der Waals surface area contributed by atoms with Gasteiger partial charge < -0.3 is 4.74 Å². The molecule has 0 saturated carbocycles. The number of halogens is 1. The van der Waals surface area contributed by atoms with Gasteiger partial charge in [0.15, 0.2) is 0 Å². The number of hydrogen-bond donors (Lipinski definition) is 0. The van der Waals surface area contributed by atoms with Gasteiger partial charge in [0.05, 0.1) is 24.1 Å². The van der Waals surface area contributed by atoms with E-state index in [9.17, 15) is 8.42 Å². The fourth-order valence-corrected chi connectivity index (χ4v) is 5.10. The van der Waals surface area contributed by atoms with Crippen molar-refractivity contribution in [1.29, 1.82) is 0 Å². The summed E-state index contributed by atoms with van der Waals surface area (Å²) in [4.78, 5) is 4.55. The van der Waals surface area contributed by atoms with E-state index in [4.69, 9.17) is 16.3 Å². The highest BCUT2D eigenvalue weighted by Gasteiger charge is 2.40. The summed E-state index contributed by atoms with van der Waals surface area (Å²) < 4.78 is 33.8. The first-order valence-corrected chi connectivity index (χ1v) is 10.8. The Bertz CT molecular complexity index is 1140. The fourth-order valence-electron chi connectivity index (χ4n) is 3.44. The van der Waals surface area contributed by atoms with E-state index in [-0.39, 0.29) is 10.9 Å². The third-order valence-corrected chi connectivity index (χ3v) is 6.75. The molecule has 1 unspecified atom stereocenters. The number of ether oxygens (including phenoxy) is 1. The van der Waals surface area contributed by atoms with Crippen LogP contribution >= 0.6 is 11.6 Å². The Balaban J connectivity index is 1.85. The lowest BCUT2D eigenvalue weighted by molar-refractivity contribution is 0.281. The smallest absolute Gasteiger partial charge is 0.302 e. The van der Waals surface area contributed by atoms with Gasteiger partial charge in [-0.25, -0.2) is 17.7 Å². The van der Waals surface area contributed by atoms with E-state index in [1.807, 2.05) is 42.5 Å². The molecule has 5 nitrogen and oxygen atoms in total. The van der Waals surface area contributed by atoms with Gasteiger partial charge in [-0.05, 0) is 47.5 Å². The van der Waals surface area contributed by atoms with Crippen LogP contribution < -0.4 is 0 Å². The predicted molar refractivity (Wildman–Crippen MR) is 111 cm³/mol. The molecule has 3 aromatic rings. The van der Waals surface area contributed by atoms with Gasteiger partial charge in [0, 0.05) is 5.02 Å². The molecule has 1 heterocycles. The van der Waals surface area contributed by atoms with Crippen LogP contribution in [-0.4, -0.2) is 31.9 Å². The molecule has 4 rings (SSSR count). The summed E-state index contributed by atoms with van der Waals surface area (Å²) in [6.45, 7) is 2.44. The Morgan fingerprint density at radius 2 is 1.79 bits per heavy atom. The van der Waals surface area contributed by atoms with Gasteiger partial charge in [0.25, 0.3) is 10.0 Å². The average Bonchev–Trinajstić information content (AvgIpc) is 3.12. The fraction of sp³-hybridized carbons (Fsp3) is 0.190. The first-order valence-electron chi connectivity index (χ1n) is 8.97. The maximum atomic E-state index is 13.5. The number of nitrogens with zero attached hydrogens (tertiary/aromatic N) is 2. The summed E-state index contributed by atoms with van der Waals surface area (Å²) in [6, 6.07) is 19.6. The Morgan fingerprint density at radius 1 is 1.07 bits per heavy atom. The van der Waals surface area contributed by atoms with Crippen molar-refractivity contribution in [2.75, 3.05) is 13.2 Å². The van der Waals surface area contributed by atoms with E-state index in [2.05, 4.69) is 4.99 Å². The molecule has 0 aliphatic carbocycles. The van der Waals surface area contributed by atoms with Gasteiger partial charge in [-0.15, -0.1) is 0 Å². The first-order chi connectivity index (χ1) is 13.5. The topological polar surface area (TPSA) is 59.0 Å². The second-order valence-corrected chi connectivity index (χ2v) is 8.65. The van der Waals surface area contributed by atoms with E-state index in [0.29, 0.717) is 18.2 Å². The maximum absolute atomic E-state index is 13.5. The molecule has 3 aromatic carbocycles. The molecule has 0 aromatic heterocycles. The molecule has 1 aliphatic rings. The highest BCUT2D eigenvalue weighted by molar-refractivity contribution is 7.89. The molecule has 0 spiro atoms. The molecule has 0 fully saturated rings. The Hall–Kier alpha value is -2.57. The zero-order valence-electron chi connectivity index (χ0n) is 15.2. The predicted octanol–water partition coefficient (Wildman–Crippen LogP) is 4.63. The SMILES string of the molecule is CCOC1=NCC(c2cccc3ccccc23)N1S(=O)(=O)c1ccc(Cl)cc1. The normalized spacial score (nSPS) is 17.0. The minimum atomic E-state index is -3.87. The van der Waals surface area contributed by atoms with Gasteiger partial charge in [-0.1, -0.05) is 54.1 Å². The zero-order valence-corrected chi connectivity index (χ0v) is 16.8. The van der Waals surface area contributed by atoms with Crippen molar-refractivity contribution in [3.63, 3.8) is 0 Å². The van der Waals surface area contributed by atoms with Crippen LogP contribution in [0.2, 0.25) is 5.02 Å². The number of aliphatic imine (C=N–C) groups is 1. The van der Waals surface area contributed by atoms with Gasteiger partial charge in [-0.2, -0.15) is 0 Å². The van der Waals surface area contributed by atoms with E-state index < -0.39 is 16.1 Å². The Morgan fingerprint density at radius 3 is 2.54 bits per heavy atom.